The largest absolute Gasteiger partial charge is 0.481 e. The summed E-state index contributed by atoms with van der Waals surface area (Å²) in [5.74, 6) is 1.30. The predicted octanol–water partition coefficient (Wildman–Crippen LogP) is 0.149. The molecule has 1 aromatic rings. The van der Waals surface area contributed by atoms with E-state index >= 15 is 0 Å². The van der Waals surface area contributed by atoms with Gasteiger partial charge in [-0.15, -0.1) is 0 Å². The van der Waals surface area contributed by atoms with Crippen LogP contribution < -0.4 is 9.64 Å². The molecule has 2 fully saturated rings. The maximum atomic E-state index is 10.6. The van der Waals surface area contributed by atoms with Gasteiger partial charge in [-0.25, -0.2) is 4.98 Å². The van der Waals surface area contributed by atoms with E-state index in [1.54, 1.807) is 19.4 Å². The van der Waals surface area contributed by atoms with Gasteiger partial charge in [0.25, 0.3) is 0 Å². The van der Waals surface area contributed by atoms with Crippen molar-refractivity contribution >= 4 is 5.95 Å². The van der Waals surface area contributed by atoms with Crippen molar-refractivity contribution < 1.29 is 14.6 Å². The number of rotatable bonds is 4. The first-order valence-electron chi connectivity index (χ1n) is 7.83. The molecule has 0 aliphatic carbocycles. The van der Waals surface area contributed by atoms with Crippen LogP contribution in [0.1, 0.15) is 12.8 Å². The van der Waals surface area contributed by atoms with Gasteiger partial charge in [0.1, 0.15) is 0 Å². The van der Waals surface area contributed by atoms with Crippen molar-refractivity contribution in [1.29, 1.82) is 0 Å². The third-order valence-corrected chi connectivity index (χ3v) is 4.42. The number of anilines is 1. The van der Waals surface area contributed by atoms with Crippen LogP contribution in [0, 0.1) is 0 Å². The highest BCUT2D eigenvalue weighted by atomic mass is 16.5. The number of aromatic nitrogens is 2. The number of hydrogen-bond acceptors (Lipinski definition) is 7. The lowest BCUT2D eigenvalue weighted by Crippen LogP contribution is -2.53. The molecule has 0 bridgehead atoms. The Morgan fingerprint density at radius 2 is 2.00 bits per heavy atom. The van der Waals surface area contributed by atoms with Gasteiger partial charge in [0.15, 0.2) is 0 Å². The highest BCUT2D eigenvalue weighted by Crippen LogP contribution is 2.23. The number of hydrogen-bond donors (Lipinski definition) is 1. The second-order valence-corrected chi connectivity index (χ2v) is 6.00. The predicted molar refractivity (Wildman–Crippen MR) is 82.2 cm³/mol. The summed E-state index contributed by atoms with van der Waals surface area (Å²) in [5.41, 5.74) is -0.590. The first-order valence-corrected chi connectivity index (χ1v) is 7.83. The van der Waals surface area contributed by atoms with E-state index in [9.17, 15) is 5.11 Å². The Labute approximate surface area is 130 Å². The maximum absolute atomic E-state index is 10.6. The molecule has 7 nitrogen and oxygen atoms in total. The number of aliphatic hydroxyl groups is 1. The summed E-state index contributed by atoms with van der Waals surface area (Å²) < 4.78 is 10.5. The summed E-state index contributed by atoms with van der Waals surface area (Å²) in [6, 6.07) is 1.75. The fourth-order valence-electron chi connectivity index (χ4n) is 3.03. The van der Waals surface area contributed by atoms with E-state index in [-0.39, 0.29) is 0 Å². The summed E-state index contributed by atoms with van der Waals surface area (Å²) in [7, 11) is 1.61. The van der Waals surface area contributed by atoms with Gasteiger partial charge in [0, 0.05) is 71.0 Å². The first-order chi connectivity index (χ1) is 10.7. The van der Waals surface area contributed by atoms with E-state index in [0.29, 0.717) is 25.0 Å². The van der Waals surface area contributed by atoms with Crippen LogP contribution in [0.2, 0.25) is 0 Å². The molecule has 0 spiro atoms. The molecule has 0 radical (unpaired) electrons. The lowest BCUT2D eigenvalue weighted by Gasteiger charge is -2.40. The van der Waals surface area contributed by atoms with Gasteiger partial charge < -0.3 is 19.5 Å². The summed E-state index contributed by atoms with van der Waals surface area (Å²) in [5, 5.41) is 10.6. The highest BCUT2D eigenvalue weighted by molar-refractivity contribution is 5.32. The third kappa shape index (κ3) is 3.66. The van der Waals surface area contributed by atoms with Gasteiger partial charge in [0.2, 0.25) is 11.8 Å². The van der Waals surface area contributed by atoms with Crippen molar-refractivity contribution in [2.24, 2.45) is 0 Å². The molecule has 2 saturated heterocycles. The van der Waals surface area contributed by atoms with Crippen molar-refractivity contribution in [3.63, 3.8) is 0 Å². The van der Waals surface area contributed by atoms with Crippen LogP contribution in [0.4, 0.5) is 5.95 Å². The Kier molecular flexibility index (Phi) is 4.75. The van der Waals surface area contributed by atoms with Gasteiger partial charge in [-0.3, -0.25) is 4.90 Å². The quantitative estimate of drug-likeness (QED) is 0.849. The molecule has 2 aliphatic rings. The summed E-state index contributed by atoms with van der Waals surface area (Å²) in [4.78, 5) is 13.2. The minimum absolute atomic E-state index is 0.587. The number of piperazine rings is 1. The zero-order valence-corrected chi connectivity index (χ0v) is 13.1. The minimum Gasteiger partial charge on any atom is -0.481 e. The number of nitrogens with zero attached hydrogens (tertiary/aromatic N) is 4. The molecule has 7 heteroatoms. The van der Waals surface area contributed by atoms with Crippen LogP contribution in [0.25, 0.3) is 0 Å². The van der Waals surface area contributed by atoms with Crippen molar-refractivity contribution in [3.05, 3.63) is 12.3 Å². The number of ether oxygens (including phenoxy) is 2. The van der Waals surface area contributed by atoms with Gasteiger partial charge in [-0.05, 0) is 0 Å². The molecule has 1 aromatic heterocycles. The van der Waals surface area contributed by atoms with E-state index in [1.807, 2.05) is 0 Å². The average molecular weight is 308 g/mol. The summed E-state index contributed by atoms with van der Waals surface area (Å²) >= 11 is 0. The van der Waals surface area contributed by atoms with Crippen LogP contribution in [-0.4, -0.2) is 78.6 Å². The van der Waals surface area contributed by atoms with Crippen LogP contribution in [0.5, 0.6) is 5.88 Å². The van der Waals surface area contributed by atoms with Gasteiger partial charge in [-0.2, -0.15) is 4.98 Å². The summed E-state index contributed by atoms with van der Waals surface area (Å²) in [6.45, 7) is 5.58. The van der Waals surface area contributed by atoms with Crippen molar-refractivity contribution in [1.82, 2.24) is 14.9 Å². The molecule has 22 heavy (non-hydrogen) atoms. The maximum Gasteiger partial charge on any atom is 0.228 e. The molecule has 3 rings (SSSR count). The van der Waals surface area contributed by atoms with Crippen LogP contribution in [-0.2, 0) is 4.74 Å². The van der Waals surface area contributed by atoms with Crippen molar-refractivity contribution in [2.75, 3.05) is 57.9 Å². The number of β-amino-alcohol motifs (C(OH)–C–C–N with tert-alkyl or cyclic N) is 1. The highest BCUT2D eigenvalue weighted by Gasteiger charge is 2.33. The average Bonchev–Trinajstić information content (AvgIpc) is 2.56. The number of methoxy groups -OCH3 is 1. The molecule has 122 valence electrons. The lowest BCUT2D eigenvalue weighted by molar-refractivity contribution is -0.0802. The van der Waals surface area contributed by atoms with E-state index in [1.165, 1.54) is 0 Å². The standard InChI is InChI=1S/C15H24N4O3/c1-21-13-2-5-16-14(17-13)19-8-6-18(7-9-19)12-15(20)3-10-22-11-4-15/h2,5,20H,3-4,6-12H2,1H3. The molecule has 2 aliphatic heterocycles. The van der Waals surface area contributed by atoms with E-state index in [2.05, 4.69) is 19.8 Å². The SMILES string of the molecule is COc1ccnc(N2CCN(CC3(O)CCOCC3)CC2)n1. The van der Waals surface area contributed by atoms with Crippen molar-refractivity contribution in [2.45, 2.75) is 18.4 Å². The second-order valence-electron chi connectivity index (χ2n) is 6.00. The van der Waals surface area contributed by atoms with E-state index in [4.69, 9.17) is 9.47 Å². The van der Waals surface area contributed by atoms with Crippen LogP contribution >= 0.6 is 0 Å². The Bertz CT molecular complexity index is 485. The minimum atomic E-state index is -0.590. The second kappa shape index (κ2) is 6.76. The fourth-order valence-corrected chi connectivity index (χ4v) is 3.03. The topological polar surface area (TPSA) is 71.0 Å². The van der Waals surface area contributed by atoms with E-state index in [0.717, 1.165) is 45.6 Å². The molecule has 0 unspecified atom stereocenters. The van der Waals surface area contributed by atoms with Crippen LogP contribution in [0.3, 0.4) is 0 Å². The molecular weight excluding hydrogens is 284 g/mol. The zero-order chi connectivity index (χ0) is 15.4. The molecule has 3 heterocycles. The molecule has 0 atom stereocenters. The third-order valence-electron chi connectivity index (χ3n) is 4.42. The molecule has 0 saturated carbocycles. The fraction of sp³-hybridized carbons (Fsp3) is 0.733. The molecule has 0 amide bonds. The van der Waals surface area contributed by atoms with Crippen LogP contribution in [0.15, 0.2) is 12.3 Å². The monoisotopic (exact) mass is 308 g/mol. The van der Waals surface area contributed by atoms with Gasteiger partial charge >= 0.3 is 0 Å². The van der Waals surface area contributed by atoms with E-state index < -0.39 is 5.60 Å². The molecule has 1 N–H and O–H groups in total. The summed E-state index contributed by atoms with van der Waals surface area (Å²) in [6.07, 6.45) is 3.18. The zero-order valence-electron chi connectivity index (χ0n) is 13.1. The molecular formula is C15H24N4O3. The molecule has 0 aromatic carbocycles. The lowest BCUT2D eigenvalue weighted by atomic mass is 9.93. The normalized spacial score (nSPS) is 22.5. The smallest absolute Gasteiger partial charge is 0.228 e. The Morgan fingerprint density at radius 3 is 2.68 bits per heavy atom. The Morgan fingerprint density at radius 1 is 1.27 bits per heavy atom. The van der Waals surface area contributed by atoms with Gasteiger partial charge in [0.05, 0.1) is 12.7 Å². The Balaban J connectivity index is 1.53. The van der Waals surface area contributed by atoms with Gasteiger partial charge in [-0.1, -0.05) is 0 Å². The van der Waals surface area contributed by atoms with Crippen molar-refractivity contribution in [3.8, 4) is 5.88 Å². The Hall–Kier alpha value is -1.44. The first kappa shape index (κ1) is 15.5.